The van der Waals surface area contributed by atoms with Gasteiger partial charge in [0.1, 0.15) is 52.4 Å². The summed E-state index contributed by atoms with van der Waals surface area (Å²) in [5.41, 5.74) is 13.6. The summed E-state index contributed by atoms with van der Waals surface area (Å²) in [4.78, 5) is 54.9. The fourth-order valence-corrected chi connectivity index (χ4v) is 10.4. The summed E-state index contributed by atoms with van der Waals surface area (Å²) in [6.45, 7) is 0.565. The number of anilines is 2. The van der Waals surface area contributed by atoms with Crippen molar-refractivity contribution in [2.24, 2.45) is 0 Å². The van der Waals surface area contributed by atoms with Gasteiger partial charge in [-0.25, -0.2) is 59.9 Å². The number of nitrogens with two attached hydrogens (primary N) is 2. The second-order valence-corrected chi connectivity index (χ2v) is 21.1. The van der Waals surface area contributed by atoms with Crippen molar-refractivity contribution in [2.45, 2.75) is 93.4 Å². The van der Waals surface area contributed by atoms with E-state index in [4.69, 9.17) is 16.2 Å². The molecule has 0 unspecified atom stereocenters. The number of ether oxygens (including phenoxy) is 1. The number of hydrogen-bond acceptors (Lipinski definition) is 13. The van der Waals surface area contributed by atoms with Crippen LogP contribution >= 0.6 is 22.6 Å². The highest BCUT2D eigenvalue weighted by Crippen LogP contribution is 2.45. The average molecular weight is 1250 g/mol. The van der Waals surface area contributed by atoms with Crippen molar-refractivity contribution in [3.05, 3.63) is 187 Å². The molecule has 24 heteroatoms. The number of nitrogens with one attached hydrogen (secondary N) is 2. The van der Waals surface area contributed by atoms with E-state index >= 15 is 17.6 Å². The van der Waals surface area contributed by atoms with Gasteiger partial charge < -0.3 is 42.2 Å². The second kappa shape index (κ2) is 25.6. The zero-order valence-corrected chi connectivity index (χ0v) is 45.6. The molecule has 9 N–H and O–H groups in total. The Morgan fingerprint density at radius 1 is 0.659 bits per heavy atom. The molecule has 15 nitrogen and oxygen atoms in total. The van der Waals surface area contributed by atoms with Crippen LogP contribution in [-0.4, -0.2) is 90.3 Å². The number of benzene rings is 5. The molecule has 9 rings (SSSR count). The van der Waals surface area contributed by atoms with E-state index in [1.54, 1.807) is 37.3 Å². The van der Waals surface area contributed by atoms with Crippen LogP contribution in [0.15, 0.2) is 116 Å². The van der Waals surface area contributed by atoms with Gasteiger partial charge in [0.15, 0.2) is 6.10 Å². The van der Waals surface area contributed by atoms with Gasteiger partial charge in [-0.15, -0.1) is 0 Å². The highest BCUT2D eigenvalue weighted by Gasteiger charge is 2.49. The Morgan fingerprint density at radius 2 is 1.15 bits per heavy atom. The van der Waals surface area contributed by atoms with Gasteiger partial charge in [-0.2, -0.15) is 0 Å². The van der Waals surface area contributed by atoms with Crippen LogP contribution in [0.5, 0.6) is 0 Å². The molecule has 0 saturated heterocycles. The summed E-state index contributed by atoms with van der Waals surface area (Å²) in [5, 5.41) is 34.0. The molecular formula is C58H53F8IN8O7. The van der Waals surface area contributed by atoms with Crippen molar-refractivity contribution in [3.8, 4) is 22.5 Å². The standard InChI is InChI=1S/C33H30F4N4O4.C25H23F4IN4O3/c1-18-11-22(13-23(34)12-18)27(17-42)41-31(43)24-9-7-20(14-25(24)35)29-30(38)39-16-26(40-29)21-8-10-28(33(36,37)15-21)45-32(44)19-5-3-2-4-6-19;26-15-5-14(6-16(30)8-15)20(11-35)34-24(37)17-3-1-12(7-18(17)27)22-23(31)32-10-19(33-22)13-2-4-21(36)25(28,29)9-13/h2-7,9,11-14,16,21,27-28,42H,8,10,15,17H2,1H3,(H2,38,39)(H,41,43);1,3,5-8,10,13,20-21,35-36H,2,4,9,11H2,(H2,31,32)(H,34,37)/t21-,27+,28-;13-,20+,21-/m00/s1. The molecule has 0 aliphatic heterocycles. The third-order valence-electron chi connectivity index (χ3n) is 14.0. The Labute approximate surface area is 477 Å². The maximum absolute atomic E-state index is 15.2. The Morgan fingerprint density at radius 3 is 1.61 bits per heavy atom. The first kappa shape index (κ1) is 60.4. The number of rotatable bonds is 14. The quantitative estimate of drug-likeness (QED) is 0.0305. The highest BCUT2D eigenvalue weighted by atomic mass is 127. The van der Waals surface area contributed by atoms with Gasteiger partial charge in [-0.3, -0.25) is 9.59 Å². The van der Waals surface area contributed by atoms with Crippen molar-refractivity contribution in [1.82, 2.24) is 30.6 Å². The van der Waals surface area contributed by atoms with E-state index in [2.05, 4.69) is 30.6 Å². The first-order valence-corrected chi connectivity index (χ1v) is 26.6. The van der Waals surface area contributed by atoms with Gasteiger partial charge >= 0.3 is 5.97 Å². The lowest BCUT2D eigenvalue weighted by Crippen LogP contribution is -2.42. The van der Waals surface area contributed by atoms with Crippen LogP contribution in [0.3, 0.4) is 0 Å². The lowest BCUT2D eigenvalue weighted by molar-refractivity contribution is -0.140. The molecule has 0 spiro atoms. The summed E-state index contributed by atoms with van der Waals surface area (Å²) in [6.07, 6.45) is -1.70. The third kappa shape index (κ3) is 14.3. The molecule has 430 valence electrons. The topological polar surface area (TPSA) is 249 Å². The number of nitrogen functional groups attached to an aromatic ring is 2. The number of carbonyl (C=O) groups is 3. The third-order valence-corrected chi connectivity index (χ3v) is 14.6. The first-order valence-electron chi connectivity index (χ1n) is 25.5. The van der Waals surface area contributed by atoms with Gasteiger partial charge in [0.05, 0.1) is 65.8 Å². The number of aliphatic hydroxyl groups excluding tert-OH is 3. The maximum atomic E-state index is 15.2. The van der Waals surface area contributed by atoms with Crippen molar-refractivity contribution in [3.63, 3.8) is 0 Å². The van der Waals surface area contributed by atoms with E-state index in [1.165, 1.54) is 73.1 Å². The van der Waals surface area contributed by atoms with Crippen molar-refractivity contribution < 1.29 is 69.6 Å². The molecule has 2 fully saturated rings. The minimum Gasteiger partial charge on any atom is -0.452 e. The summed E-state index contributed by atoms with van der Waals surface area (Å²) < 4.78 is 122. The average Bonchev–Trinajstić information content (AvgIpc) is 3.58. The van der Waals surface area contributed by atoms with Crippen LogP contribution < -0.4 is 22.1 Å². The Bertz CT molecular complexity index is 3460. The van der Waals surface area contributed by atoms with E-state index in [-0.39, 0.29) is 87.9 Å². The largest absolute Gasteiger partial charge is 0.452 e. The smallest absolute Gasteiger partial charge is 0.338 e. The van der Waals surface area contributed by atoms with Crippen LogP contribution in [0.1, 0.15) is 122 Å². The first-order chi connectivity index (χ1) is 38.9. The van der Waals surface area contributed by atoms with E-state index in [1.807, 2.05) is 22.6 Å². The minimum atomic E-state index is -3.34. The zero-order valence-electron chi connectivity index (χ0n) is 43.4. The predicted octanol–water partition coefficient (Wildman–Crippen LogP) is 10.2. The van der Waals surface area contributed by atoms with Crippen molar-refractivity contribution >= 4 is 52.0 Å². The maximum Gasteiger partial charge on any atom is 0.338 e. The fraction of sp³-hybridized carbons (Fsp3) is 0.293. The SMILES string of the molecule is Cc1cc(F)cc([C@@H](CO)NC(=O)c2ccc(-c3nc([C@H]4CC[C@H](OC(=O)c5ccccc5)C(F)(F)C4)cnc3N)cc2F)c1.Nc1ncc([C@H]2CC[C@H](O)C(F)(F)C2)nc1-c1ccc(C(=O)N[C@H](CO)c2cc(F)cc(I)c2)c(F)c1. The van der Waals surface area contributed by atoms with Crippen LogP contribution in [0.2, 0.25) is 0 Å². The van der Waals surface area contributed by atoms with Crippen LogP contribution in [0, 0.1) is 33.8 Å². The summed E-state index contributed by atoms with van der Waals surface area (Å²) in [7, 11) is 0. The summed E-state index contributed by atoms with van der Waals surface area (Å²) >= 11 is 1.90. The van der Waals surface area contributed by atoms with Crippen molar-refractivity contribution in [2.75, 3.05) is 24.7 Å². The van der Waals surface area contributed by atoms with Crippen molar-refractivity contribution in [1.29, 1.82) is 0 Å². The number of esters is 1. The molecule has 7 aromatic rings. The molecule has 2 aliphatic rings. The van der Waals surface area contributed by atoms with Gasteiger partial charge in [0.25, 0.3) is 23.7 Å². The molecular weight excluding hydrogens is 1200 g/mol. The number of hydrogen-bond donors (Lipinski definition) is 7. The van der Waals surface area contributed by atoms with E-state index < -0.39 is 115 Å². The number of aryl methyl sites for hydroxylation is 1. The molecule has 2 aromatic heterocycles. The minimum absolute atomic E-state index is 0.0442. The zero-order chi connectivity index (χ0) is 59.2. The number of carbonyl (C=O) groups excluding carboxylic acids is 3. The van der Waals surface area contributed by atoms with E-state index in [9.17, 15) is 47.3 Å². The van der Waals surface area contributed by atoms with Gasteiger partial charge in [0, 0.05) is 39.4 Å². The molecule has 2 aliphatic carbocycles. The molecule has 0 bridgehead atoms. The number of alkyl halides is 4. The Balaban J connectivity index is 0.000000219. The molecule has 2 heterocycles. The highest BCUT2D eigenvalue weighted by molar-refractivity contribution is 14.1. The van der Waals surface area contributed by atoms with Crippen LogP contribution in [0.4, 0.5) is 46.8 Å². The molecule has 5 aromatic carbocycles. The number of aliphatic hydroxyl groups is 3. The number of aromatic nitrogens is 4. The summed E-state index contributed by atoms with van der Waals surface area (Å²) in [5.74, 6) is -13.6. The van der Waals surface area contributed by atoms with Crippen LogP contribution in [-0.2, 0) is 4.74 Å². The molecule has 0 radical (unpaired) electrons. The normalized spacial score (nSPS) is 18.9. The fourth-order valence-electron chi connectivity index (χ4n) is 9.70. The molecule has 6 atom stereocenters. The molecule has 82 heavy (non-hydrogen) atoms. The molecule has 2 amide bonds. The van der Waals surface area contributed by atoms with Crippen LogP contribution in [0.25, 0.3) is 22.5 Å². The number of amides is 2. The van der Waals surface area contributed by atoms with Gasteiger partial charge in [-0.05, 0) is 139 Å². The second-order valence-electron chi connectivity index (χ2n) is 19.9. The Hall–Kier alpha value is -7.68. The Kier molecular flexibility index (Phi) is 18.9. The lowest BCUT2D eigenvalue weighted by Gasteiger charge is -2.35. The number of halogens is 9. The summed E-state index contributed by atoms with van der Waals surface area (Å²) in [6, 6.07) is 21.2. The van der Waals surface area contributed by atoms with E-state index in [0.717, 1.165) is 12.1 Å². The number of nitrogens with zero attached hydrogens (tertiary/aromatic N) is 4. The van der Waals surface area contributed by atoms with Gasteiger partial charge in [0.2, 0.25) is 0 Å². The van der Waals surface area contributed by atoms with E-state index in [0.29, 0.717) is 20.3 Å². The lowest BCUT2D eigenvalue weighted by atomic mass is 9.82. The van der Waals surface area contributed by atoms with Gasteiger partial charge in [-0.1, -0.05) is 36.4 Å². The monoisotopic (exact) mass is 1250 g/mol. The molecule has 2 saturated carbocycles. The predicted molar refractivity (Wildman–Crippen MR) is 293 cm³/mol.